The second-order valence-electron chi connectivity index (χ2n) is 4.33. The molecular formula is C13H11F3N4O2. The van der Waals surface area contributed by atoms with Crippen molar-refractivity contribution in [2.45, 2.75) is 6.18 Å². The fourth-order valence-corrected chi connectivity index (χ4v) is 1.70. The topological polar surface area (TPSA) is 84.0 Å². The molecule has 2 amide bonds. The van der Waals surface area contributed by atoms with Gasteiger partial charge < -0.3 is 10.6 Å². The van der Waals surface area contributed by atoms with Crippen molar-refractivity contribution in [3.05, 3.63) is 36.3 Å². The van der Waals surface area contributed by atoms with Gasteiger partial charge in [0.05, 0.1) is 17.6 Å². The van der Waals surface area contributed by atoms with E-state index >= 15 is 0 Å². The highest BCUT2D eigenvalue weighted by Gasteiger charge is 2.27. The van der Waals surface area contributed by atoms with Gasteiger partial charge in [-0.15, -0.1) is 0 Å². The first-order valence-electron chi connectivity index (χ1n) is 6.17. The van der Waals surface area contributed by atoms with Crippen LogP contribution in [0.4, 0.5) is 13.2 Å². The van der Waals surface area contributed by atoms with Gasteiger partial charge in [0.15, 0.2) is 0 Å². The minimum atomic E-state index is -4.49. The van der Waals surface area contributed by atoms with Crippen molar-refractivity contribution in [3.8, 4) is 0 Å². The van der Waals surface area contributed by atoms with Gasteiger partial charge in [0.2, 0.25) is 5.91 Å². The van der Waals surface area contributed by atoms with Crippen molar-refractivity contribution in [1.82, 2.24) is 20.6 Å². The van der Waals surface area contributed by atoms with Crippen molar-refractivity contribution >= 4 is 22.7 Å². The lowest BCUT2D eigenvalue weighted by molar-refractivity contribution is -0.137. The highest BCUT2D eigenvalue weighted by atomic mass is 19.4. The van der Waals surface area contributed by atoms with Crippen LogP contribution in [0.1, 0.15) is 10.4 Å². The minimum absolute atomic E-state index is 0.238. The Balaban J connectivity index is 1.99. The van der Waals surface area contributed by atoms with E-state index in [1.165, 1.54) is 24.7 Å². The summed E-state index contributed by atoms with van der Waals surface area (Å²) < 4.78 is 35.8. The number of aromatic nitrogens is 2. The number of rotatable bonds is 4. The fraction of sp³-hybridized carbons (Fsp3) is 0.231. The summed E-state index contributed by atoms with van der Waals surface area (Å²) in [5, 5.41) is 4.40. The molecule has 0 aromatic carbocycles. The molecule has 116 valence electrons. The van der Waals surface area contributed by atoms with Crippen LogP contribution in [-0.4, -0.2) is 41.0 Å². The highest BCUT2D eigenvalue weighted by Crippen LogP contribution is 2.14. The molecule has 0 radical (unpaired) electrons. The summed E-state index contributed by atoms with van der Waals surface area (Å²) in [5.41, 5.74) is 0.783. The molecule has 0 aliphatic rings. The van der Waals surface area contributed by atoms with Gasteiger partial charge in [-0.3, -0.25) is 19.6 Å². The van der Waals surface area contributed by atoms with Gasteiger partial charge in [-0.05, 0) is 12.1 Å². The van der Waals surface area contributed by atoms with E-state index in [2.05, 4.69) is 15.3 Å². The number of halogens is 3. The molecule has 0 fully saturated rings. The molecule has 0 aliphatic carbocycles. The molecule has 0 saturated heterocycles. The SMILES string of the molecule is O=C(CNC(=O)c1ccnc2ccncc12)NCC(F)(F)F. The smallest absolute Gasteiger partial charge is 0.345 e. The fourth-order valence-electron chi connectivity index (χ4n) is 1.70. The number of pyridine rings is 2. The standard InChI is InChI=1S/C13H11F3N4O2/c14-13(15,16)7-20-11(21)6-19-12(22)8-1-4-18-10-2-3-17-5-9(8)10/h1-5H,6-7H2,(H,19,22)(H,20,21). The third-order valence-corrected chi connectivity index (χ3v) is 2.68. The number of alkyl halides is 3. The molecule has 0 spiro atoms. The van der Waals surface area contributed by atoms with Crippen LogP contribution >= 0.6 is 0 Å². The van der Waals surface area contributed by atoms with Gasteiger partial charge in [0, 0.05) is 24.0 Å². The first kappa shape index (κ1) is 15.7. The summed E-state index contributed by atoms with van der Waals surface area (Å²) in [5.74, 6) is -1.52. The summed E-state index contributed by atoms with van der Waals surface area (Å²) in [6, 6.07) is 3.05. The number of nitrogens with one attached hydrogen (secondary N) is 2. The van der Waals surface area contributed by atoms with E-state index in [0.717, 1.165) is 0 Å². The predicted molar refractivity (Wildman–Crippen MR) is 70.9 cm³/mol. The Hall–Kier alpha value is -2.71. The molecule has 2 aromatic heterocycles. The predicted octanol–water partition coefficient (Wildman–Crippen LogP) is 1.04. The molecule has 6 nitrogen and oxygen atoms in total. The van der Waals surface area contributed by atoms with E-state index in [4.69, 9.17) is 0 Å². The van der Waals surface area contributed by atoms with Crippen molar-refractivity contribution in [1.29, 1.82) is 0 Å². The summed E-state index contributed by atoms with van der Waals surface area (Å²) in [6.45, 7) is -2.00. The lowest BCUT2D eigenvalue weighted by Gasteiger charge is -2.09. The average molecular weight is 312 g/mol. The van der Waals surface area contributed by atoms with E-state index in [1.54, 1.807) is 11.4 Å². The zero-order valence-electron chi connectivity index (χ0n) is 11.1. The molecule has 0 atom stereocenters. The Kier molecular flexibility index (Phi) is 4.54. The van der Waals surface area contributed by atoms with E-state index in [0.29, 0.717) is 10.9 Å². The molecule has 0 aliphatic heterocycles. The van der Waals surface area contributed by atoms with Gasteiger partial charge in [0.25, 0.3) is 5.91 Å². The molecule has 2 rings (SSSR count). The second-order valence-corrected chi connectivity index (χ2v) is 4.33. The Labute approximate surface area is 122 Å². The van der Waals surface area contributed by atoms with Gasteiger partial charge in [0.1, 0.15) is 6.54 Å². The van der Waals surface area contributed by atoms with Crippen molar-refractivity contribution < 1.29 is 22.8 Å². The number of carbonyl (C=O) groups excluding carboxylic acids is 2. The van der Waals surface area contributed by atoms with Gasteiger partial charge >= 0.3 is 6.18 Å². The monoisotopic (exact) mass is 312 g/mol. The molecule has 0 saturated carbocycles. The van der Waals surface area contributed by atoms with E-state index in [-0.39, 0.29) is 5.56 Å². The summed E-state index contributed by atoms with van der Waals surface area (Å²) in [6.07, 6.45) is -0.115. The van der Waals surface area contributed by atoms with Crippen molar-refractivity contribution in [3.63, 3.8) is 0 Å². The Bertz CT molecular complexity index is 698. The maximum Gasteiger partial charge on any atom is 0.405 e. The third-order valence-electron chi connectivity index (χ3n) is 2.68. The lowest BCUT2D eigenvalue weighted by Crippen LogP contribution is -2.40. The number of hydrogen-bond donors (Lipinski definition) is 2. The van der Waals surface area contributed by atoms with Crippen LogP contribution in [0.25, 0.3) is 10.9 Å². The summed E-state index contributed by atoms with van der Waals surface area (Å²) >= 11 is 0. The largest absolute Gasteiger partial charge is 0.405 e. The highest BCUT2D eigenvalue weighted by molar-refractivity contribution is 6.06. The molecule has 2 N–H and O–H groups in total. The average Bonchev–Trinajstić information content (AvgIpc) is 2.49. The first-order chi connectivity index (χ1) is 10.4. The lowest BCUT2D eigenvalue weighted by atomic mass is 10.1. The Morgan fingerprint density at radius 3 is 2.64 bits per heavy atom. The van der Waals surface area contributed by atoms with E-state index in [1.807, 2.05) is 0 Å². The quantitative estimate of drug-likeness (QED) is 0.883. The minimum Gasteiger partial charge on any atom is -0.345 e. The Morgan fingerprint density at radius 1 is 1.14 bits per heavy atom. The van der Waals surface area contributed by atoms with Crippen LogP contribution in [0.2, 0.25) is 0 Å². The van der Waals surface area contributed by atoms with Crippen LogP contribution in [0, 0.1) is 0 Å². The number of carbonyl (C=O) groups is 2. The number of nitrogens with zero attached hydrogens (tertiary/aromatic N) is 2. The second kappa shape index (κ2) is 6.37. The van der Waals surface area contributed by atoms with Crippen LogP contribution in [-0.2, 0) is 4.79 Å². The third kappa shape index (κ3) is 4.14. The normalized spacial score (nSPS) is 11.2. The van der Waals surface area contributed by atoms with Crippen LogP contribution in [0.15, 0.2) is 30.7 Å². The molecule has 2 aromatic rings. The molecule has 9 heteroatoms. The maximum atomic E-state index is 12.0. The van der Waals surface area contributed by atoms with Crippen LogP contribution in [0.5, 0.6) is 0 Å². The van der Waals surface area contributed by atoms with Crippen LogP contribution in [0.3, 0.4) is 0 Å². The zero-order valence-corrected chi connectivity index (χ0v) is 11.1. The zero-order chi connectivity index (χ0) is 16.2. The molecule has 0 unspecified atom stereocenters. The van der Waals surface area contributed by atoms with Crippen molar-refractivity contribution in [2.75, 3.05) is 13.1 Å². The van der Waals surface area contributed by atoms with E-state index < -0.39 is 31.1 Å². The molecule has 22 heavy (non-hydrogen) atoms. The molecule has 2 heterocycles. The Morgan fingerprint density at radius 2 is 1.91 bits per heavy atom. The summed E-state index contributed by atoms with van der Waals surface area (Å²) in [4.78, 5) is 31.2. The number of hydrogen-bond acceptors (Lipinski definition) is 4. The maximum absolute atomic E-state index is 12.0. The number of amides is 2. The van der Waals surface area contributed by atoms with Crippen molar-refractivity contribution in [2.24, 2.45) is 0 Å². The summed E-state index contributed by atoms with van der Waals surface area (Å²) in [7, 11) is 0. The first-order valence-corrected chi connectivity index (χ1v) is 6.17. The van der Waals surface area contributed by atoms with Gasteiger partial charge in [-0.2, -0.15) is 13.2 Å². The van der Waals surface area contributed by atoms with Gasteiger partial charge in [-0.25, -0.2) is 0 Å². The number of fused-ring (bicyclic) bond motifs is 1. The van der Waals surface area contributed by atoms with Crippen LogP contribution < -0.4 is 10.6 Å². The molecular weight excluding hydrogens is 301 g/mol. The van der Waals surface area contributed by atoms with E-state index in [9.17, 15) is 22.8 Å². The molecule has 0 bridgehead atoms. The van der Waals surface area contributed by atoms with Gasteiger partial charge in [-0.1, -0.05) is 0 Å².